The second-order valence-corrected chi connectivity index (χ2v) is 8.82. The molecule has 1 fully saturated rings. The minimum absolute atomic E-state index is 0.334. The molecule has 3 nitrogen and oxygen atoms in total. The fourth-order valence-corrected chi connectivity index (χ4v) is 4.86. The Morgan fingerprint density at radius 3 is 2.37 bits per heavy atom. The molecule has 0 aromatic carbocycles. The quantitative estimate of drug-likeness (QED) is 0.784. The van der Waals surface area contributed by atoms with E-state index in [-0.39, 0.29) is 0 Å². The van der Waals surface area contributed by atoms with Gasteiger partial charge in [-0.05, 0) is 62.3 Å². The third kappa shape index (κ3) is 5.42. The van der Waals surface area contributed by atoms with E-state index >= 15 is 0 Å². The van der Waals surface area contributed by atoms with Crippen LogP contribution in [0.15, 0.2) is 0 Å². The van der Waals surface area contributed by atoms with Crippen LogP contribution in [-0.4, -0.2) is 26.5 Å². The van der Waals surface area contributed by atoms with Crippen LogP contribution in [0.5, 0.6) is 0 Å². The lowest BCUT2D eigenvalue weighted by Gasteiger charge is -2.37. The molecule has 0 aromatic rings. The minimum atomic E-state index is -2.84. The van der Waals surface area contributed by atoms with Crippen LogP contribution in [0.4, 0.5) is 0 Å². The summed E-state index contributed by atoms with van der Waals surface area (Å²) in [7, 11) is -2.84. The topological polar surface area (TPSA) is 60.2 Å². The Morgan fingerprint density at radius 2 is 1.84 bits per heavy atom. The van der Waals surface area contributed by atoms with E-state index in [4.69, 9.17) is 5.73 Å². The van der Waals surface area contributed by atoms with Gasteiger partial charge < -0.3 is 5.73 Å². The van der Waals surface area contributed by atoms with Crippen LogP contribution in [0.3, 0.4) is 0 Å². The molecule has 4 heteroatoms. The van der Waals surface area contributed by atoms with Gasteiger partial charge in [-0.3, -0.25) is 0 Å². The summed E-state index contributed by atoms with van der Waals surface area (Å²) in [6.45, 7) is 7.19. The molecule has 1 saturated carbocycles. The molecule has 1 rings (SSSR count). The smallest absolute Gasteiger partial charge is 0.150 e. The van der Waals surface area contributed by atoms with Gasteiger partial charge in [0.05, 0.1) is 5.75 Å². The van der Waals surface area contributed by atoms with Crippen molar-refractivity contribution in [3.05, 3.63) is 0 Å². The van der Waals surface area contributed by atoms with Crippen molar-refractivity contribution in [2.75, 3.05) is 18.1 Å². The largest absolute Gasteiger partial charge is 0.330 e. The van der Waals surface area contributed by atoms with Crippen molar-refractivity contribution >= 4 is 9.84 Å². The Bertz CT molecular complexity index is 351. The van der Waals surface area contributed by atoms with Gasteiger partial charge in [-0.2, -0.15) is 0 Å². The van der Waals surface area contributed by atoms with Crippen LogP contribution in [0.25, 0.3) is 0 Å². The molecule has 3 atom stereocenters. The average molecular weight is 289 g/mol. The molecule has 0 bridgehead atoms. The molecule has 2 N–H and O–H groups in total. The maximum absolute atomic E-state index is 11.9. The maximum Gasteiger partial charge on any atom is 0.150 e. The van der Waals surface area contributed by atoms with Gasteiger partial charge in [-0.1, -0.05) is 20.8 Å². The van der Waals surface area contributed by atoms with Gasteiger partial charge in [0.1, 0.15) is 9.84 Å². The number of nitrogens with two attached hydrogens (primary N) is 1. The summed E-state index contributed by atoms with van der Waals surface area (Å²) in [5.74, 6) is 3.19. The standard InChI is InChI=1S/C15H31NO2S/c1-4-8-19(17,18)9-7-14-10-13(12(2)3)5-6-15(14)11-16/h12-15H,4-11,16H2,1-3H3. The van der Waals surface area contributed by atoms with Crippen molar-refractivity contribution in [2.45, 2.75) is 52.9 Å². The zero-order chi connectivity index (χ0) is 14.5. The Morgan fingerprint density at radius 1 is 1.16 bits per heavy atom. The first-order valence-corrected chi connectivity index (χ1v) is 9.62. The van der Waals surface area contributed by atoms with E-state index in [0.717, 1.165) is 18.8 Å². The van der Waals surface area contributed by atoms with E-state index in [9.17, 15) is 8.42 Å². The van der Waals surface area contributed by atoms with E-state index in [2.05, 4.69) is 13.8 Å². The number of rotatable bonds is 7. The normalized spacial score (nSPS) is 28.8. The predicted octanol–water partition coefficient (Wildman–Crippen LogP) is 2.85. The SMILES string of the molecule is CCCS(=O)(=O)CCC1CC(C(C)C)CCC1CN. The molecule has 0 aliphatic heterocycles. The van der Waals surface area contributed by atoms with E-state index in [0.29, 0.717) is 35.8 Å². The highest BCUT2D eigenvalue weighted by Gasteiger charge is 2.31. The van der Waals surface area contributed by atoms with Crippen LogP contribution in [0, 0.1) is 23.7 Å². The Kier molecular flexibility index (Phi) is 6.81. The first kappa shape index (κ1) is 17.0. The van der Waals surface area contributed by atoms with Crippen LogP contribution in [-0.2, 0) is 9.84 Å². The van der Waals surface area contributed by atoms with Gasteiger partial charge >= 0.3 is 0 Å². The zero-order valence-electron chi connectivity index (χ0n) is 12.8. The molecule has 0 heterocycles. The summed E-state index contributed by atoms with van der Waals surface area (Å²) >= 11 is 0. The molecule has 0 amide bonds. The molecule has 19 heavy (non-hydrogen) atoms. The van der Waals surface area contributed by atoms with E-state index in [1.807, 2.05) is 6.92 Å². The Balaban J connectivity index is 2.56. The van der Waals surface area contributed by atoms with Gasteiger partial charge in [0.25, 0.3) is 0 Å². The average Bonchev–Trinajstić information content (AvgIpc) is 2.36. The van der Waals surface area contributed by atoms with Gasteiger partial charge in [0.2, 0.25) is 0 Å². The van der Waals surface area contributed by atoms with Crippen LogP contribution < -0.4 is 5.73 Å². The highest BCUT2D eigenvalue weighted by atomic mass is 32.2. The van der Waals surface area contributed by atoms with E-state index in [1.165, 1.54) is 19.3 Å². The molecule has 1 aliphatic rings. The lowest BCUT2D eigenvalue weighted by Crippen LogP contribution is -2.33. The predicted molar refractivity (Wildman–Crippen MR) is 81.8 cm³/mol. The number of hydrogen-bond donors (Lipinski definition) is 1. The third-order valence-electron chi connectivity index (χ3n) is 4.74. The van der Waals surface area contributed by atoms with Crippen molar-refractivity contribution < 1.29 is 8.42 Å². The molecule has 0 aromatic heterocycles. The molecule has 3 unspecified atom stereocenters. The molecular weight excluding hydrogens is 258 g/mol. The summed E-state index contributed by atoms with van der Waals surface area (Å²) in [6, 6.07) is 0. The van der Waals surface area contributed by atoms with Crippen LogP contribution >= 0.6 is 0 Å². The van der Waals surface area contributed by atoms with E-state index < -0.39 is 9.84 Å². The van der Waals surface area contributed by atoms with Gasteiger partial charge in [0, 0.05) is 5.75 Å². The summed E-state index contributed by atoms with van der Waals surface area (Å²) in [6.07, 6.45) is 5.14. The molecule has 114 valence electrons. The minimum Gasteiger partial charge on any atom is -0.330 e. The summed E-state index contributed by atoms with van der Waals surface area (Å²) in [4.78, 5) is 0. The lowest BCUT2D eigenvalue weighted by molar-refractivity contribution is 0.148. The number of sulfone groups is 1. The first-order valence-electron chi connectivity index (χ1n) is 7.80. The Labute approximate surface area is 119 Å². The summed E-state index contributed by atoms with van der Waals surface area (Å²) in [5.41, 5.74) is 5.86. The van der Waals surface area contributed by atoms with Crippen LogP contribution in [0.1, 0.15) is 52.9 Å². The first-order chi connectivity index (χ1) is 8.89. The fourth-order valence-electron chi connectivity index (χ4n) is 3.38. The summed E-state index contributed by atoms with van der Waals surface area (Å²) < 4.78 is 23.7. The lowest BCUT2D eigenvalue weighted by atomic mass is 9.70. The van der Waals surface area contributed by atoms with Crippen molar-refractivity contribution in [1.29, 1.82) is 0 Å². The van der Waals surface area contributed by atoms with E-state index in [1.54, 1.807) is 0 Å². The zero-order valence-corrected chi connectivity index (χ0v) is 13.6. The monoisotopic (exact) mass is 289 g/mol. The highest BCUT2D eigenvalue weighted by molar-refractivity contribution is 7.91. The van der Waals surface area contributed by atoms with Gasteiger partial charge in [-0.15, -0.1) is 0 Å². The molecular formula is C15H31NO2S. The summed E-state index contributed by atoms with van der Waals surface area (Å²) in [5, 5.41) is 0. The van der Waals surface area contributed by atoms with Crippen molar-refractivity contribution in [1.82, 2.24) is 0 Å². The Hall–Kier alpha value is -0.0900. The molecule has 0 radical (unpaired) electrons. The van der Waals surface area contributed by atoms with Gasteiger partial charge in [0.15, 0.2) is 0 Å². The highest BCUT2D eigenvalue weighted by Crippen LogP contribution is 2.38. The second kappa shape index (κ2) is 7.63. The van der Waals surface area contributed by atoms with Crippen molar-refractivity contribution in [3.8, 4) is 0 Å². The third-order valence-corrected chi connectivity index (χ3v) is 6.63. The molecule has 1 aliphatic carbocycles. The van der Waals surface area contributed by atoms with Crippen LogP contribution in [0.2, 0.25) is 0 Å². The molecule has 0 spiro atoms. The number of hydrogen-bond acceptors (Lipinski definition) is 3. The fraction of sp³-hybridized carbons (Fsp3) is 1.00. The maximum atomic E-state index is 11.9. The van der Waals surface area contributed by atoms with Crippen molar-refractivity contribution in [2.24, 2.45) is 29.4 Å². The second-order valence-electron chi connectivity index (χ2n) is 6.51. The van der Waals surface area contributed by atoms with Crippen molar-refractivity contribution in [3.63, 3.8) is 0 Å². The molecule has 0 saturated heterocycles. The van der Waals surface area contributed by atoms with Gasteiger partial charge in [-0.25, -0.2) is 8.42 Å².